The monoisotopic (exact) mass is 499 g/mol. The number of amides is 3. The number of benzene rings is 3. The zero-order chi connectivity index (χ0) is 26.2. The third kappa shape index (κ3) is 5.40. The maximum Gasteiger partial charge on any atom is 0.318 e. The Kier molecular flexibility index (Phi) is 6.31. The van der Waals surface area contributed by atoms with Crippen LogP contribution in [0, 0.1) is 13.8 Å². The first-order chi connectivity index (χ1) is 17.6. The second kappa shape index (κ2) is 9.47. The van der Waals surface area contributed by atoms with Crippen LogP contribution in [0.25, 0.3) is 0 Å². The van der Waals surface area contributed by atoms with E-state index in [2.05, 4.69) is 28.1 Å². The molecule has 3 amide bonds. The van der Waals surface area contributed by atoms with Gasteiger partial charge in [0.05, 0.1) is 0 Å². The second-order valence-corrected chi connectivity index (χ2v) is 10.8. The molecule has 2 unspecified atom stereocenters. The zero-order valence-electron chi connectivity index (χ0n) is 21.7. The summed E-state index contributed by atoms with van der Waals surface area (Å²) in [5.74, 6) is 0.981. The van der Waals surface area contributed by atoms with Gasteiger partial charge in [0.1, 0.15) is 11.5 Å². The van der Waals surface area contributed by atoms with Crippen LogP contribution < -0.4 is 25.4 Å². The van der Waals surface area contributed by atoms with Crippen LogP contribution in [-0.2, 0) is 4.79 Å². The van der Waals surface area contributed by atoms with Crippen molar-refractivity contribution in [2.45, 2.75) is 57.7 Å². The van der Waals surface area contributed by atoms with Crippen molar-refractivity contribution in [2.24, 2.45) is 0 Å². The lowest BCUT2D eigenvalue weighted by atomic mass is 9.76. The molecule has 2 heterocycles. The van der Waals surface area contributed by atoms with E-state index in [9.17, 15) is 9.59 Å². The van der Waals surface area contributed by atoms with Crippen LogP contribution in [0.15, 0.2) is 66.7 Å². The topological polar surface area (TPSA) is 88.7 Å². The number of nitrogens with one attached hydrogen (secondary N) is 3. The zero-order valence-corrected chi connectivity index (χ0v) is 21.7. The SMILES string of the molecule is Cc1ccc(NC(=O)COc2cc(C)c3c(c2)OC2(CC3c3ccccc3)CC(C)(C)NC(=O)N2)cc1. The molecule has 2 aliphatic rings. The minimum absolute atomic E-state index is 0.0260. The van der Waals surface area contributed by atoms with Gasteiger partial charge in [-0.25, -0.2) is 4.79 Å². The number of hydrogen-bond donors (Lipinski definition) is 3. The van der Waals surface area contributed by atoms with Crippen molar-refractivity contribution in [2.75, 3.05) is 11.9 Å². The molecule has 3 aromatic carbocycles. The van der Waals surface area contributed by atoms with Crippen LogP contribution in [0.1, 0.15) is 54.9 Å². The van der Waals surface area contributed by atoms with E-state index in [4.69, 9.17) is 9.47 Å². The Morgan fingerprint density at radius 3 is 2.49 bits per heavy atom. The molecule has 7 heteroatoms. The molecule has 0 bridgehead atoms. The number of aryl methyl sites for hydroxylation is 2. The Balaban J connectivity index is 1.43. The molecule has 1 saturated heterocycles. The molecule has 37 heavy (non-hydrogen) atoms. The van der Waals surface area contributed by atoms with E-state index in [1.165, 1.54) is 0 Å². The quantitative estimate of drug-likeness (QED) is 0.438. The molecule has 3 N–H and O–H groups in total. The van der Waals surface area contributed by atoms with Gasteiger partial charge in [-0.3, -0.25) is 4.79 Å². The predicted molar refractivity (Wildman–Crippen MR) is 143 cm³/mol. The van der Waals surface area contributed by atoms with E-state index in [0.717, 1.165) is 27.9 Å². The molecule has 192 valence electrons. The molecule has 2 atom stereocenters. The van der Waals surface area contributed by atoms with Gasteiger partial charge in [-0.2, -0.15) is 0 Å². The third-order valence-corrected chi connectivity index (χ3v) is 6.94. The number of fused-ring (bicyclic) bond motifs is 1. The molecule has 7 nitrogen and oxygen atoms in total. The standard InChI is InChI=1S/C30H33N3O4/c1-19-10-12-22(13-11-19)31-26(34)17-36-23-14-20(2)27-24(21-8-6-5-7-9-21)16-30(37-25(27)15-23)18-29(3,4)32-28(35)33-30/h5-15,24H,16-18H2,1-4H3,(H,31,34)(H2,32,33,35). The van der Waals surface area contributed by atoms with Crippen molar-refractivity contribution in [3.05, 3.63) is 89.0 Å². The van der Waals surface area contributed by atoms with E-state index < -0.39 is 11.3 Å². The summed E-state index contributed by atoms with van der Waals surface area (Å²) in [5, 5.41) is 8.91. The third-order valence-electron chi connectivity index (χ3n) is 6.94. The van der Waals surface area contributed by atoms with Crippen molar-refractivity contribution >= 4 is 17.6 Å². The fourth-order valence-corrected chi connectivity index (χ4v) is 5.52. The van der Waals surface area contributed by atoms with Gasteiger partial charge in [0, 0.05) is 41.6 Å². The summed E-state index contributed by atoms with van der Waals surface area (Å²) in [6, 6.07) is 21.4. The highest BCUT2D eigenvalue weighted by Crippen LogP contribution is 2.49. The Morgan fingerprint density at radius 1 is 1.05 bits per heavy atom. The number of anilines is 1. The number of carbonyl (C=O) groups is 2. The maximum absolute atomic E-state index is 12.6. The van der Waals surface area contributed by atoms with Crippen molar-refractivity contribution in [3.63, 3.8) is 0 Å². The predicted octanol–water partition coefficient (Wildman–Crippen LogP) is 5.41. The van der Waals surface area contributed by atoms with Crippen molar-refractivity contribution in [1.82, 2.24) is 10.6 Å². The van der Waals surface area contributed by atoms with E-state index in [0.29, 0.717) is 24.3 Å². The lowest BCUT2D eigenvalue weighted by molar-refractivity contribution is -0.118. The molecule has 0 radical (unpaired) electrons. The highest BCUT2D eigenvalue weighted by Gasteiger charge is 2.50. The molecule has 1 spiro atoms. The lowest BCUT2D eigenvalue weighted by Crippen LogP contribution is -2.69. The van der Waals surface area contributed by atoms with Crippen LogP contribution in [0.3, 0.4) is 0 Å². The molecule has 3 aromatic rings. The first-order valence-electron chi connectivity index (χ1n) is 12.6. The summed E-state index contributed by atoms with van der Waals surface area (Å²) >= 11 is 0. The fourth-order valence-electron chi connectivity index (χ4n) is 5.52. The van der Waals surface area contributed by atoms with Crippen LogP contribution in [-0.4, -0.2) is 29.8 Å². The van der Waals surface area contributed by atoms with Gasteiger partial charge < -0.3 is 25.4 Å². The van der Waals surface area contributed by atoms with Gasteiger partial charge in [-0.15, -0.1) is 0 Å². The van der Waals surface area contributed by atoms with Crippen molar-refractivity contribution < 1.29 is 19.1 Å². The maximum atomic E-state index is 12.6. The van der Waals surface area contributed by atoms with Crippen LogP contribution >= 0.6 is 0 Å². The van der Waals surface area contributed by atoms with Gasteiger partial charge in [0.15, 0.2) is 12.3 Å². The van der Waals surface area contributed by atoms with Gasteiger partial charge >= 0.3 is 6.03 Å². The molecular weight excluding hydrogens is 466 g/mol. The number of rotatable bonds is 5. The summed E-state index contributed by atoms with van der Waals surface area (Å²) in [5.41, 5.74) is 3.78. The largest absolute Gasteiger partial charge is 0.484 e. The van der Waals surface area contributed by atoms with Crippen molar-refractivity contribution in [3.8, 4) is 11.5 Å². The minimum Gasteiger partial charge on any atom is -0.484 e. The molecule has 1 fully saturated rings. The van der Waals surface area contributed by atoms with Gasteiger partial charge in [0.25, 0.3) is 5.91 Å². The first-order valence-corrected chi connectivity index (χ1v) is 12.6. The summed E-state index contributed by atoms with van der Waals surface area (Å²) in [7, 11) is 0. The Hall–Kier alpha value is -4.00. The van der Waals surface area contributed by atoms with E-state index in [1.54, 1.807) is 0 Å². The van der Waals surface area contributed by atoms with Gasteiger partial charge in [-0.1, -0.05) is 48.0 Å². The second-order valence-electron chi connectivity index (χ2n) is 10.8. The average Bonchev–Trinajstić information content (AvgIpc) is 2.82. The molecular formula is C30H33N3O4. The van der Waals surface area contributed by atoms with Gasteiger partial charge in [-0.05, 0) is 57.0 Å². The number of carbonyl (C=O) groups excluding carboxylic acids is 2. The van der Waals surface area contributed by atoms with Crippen LogP contribution in [0.2, 0.25) is 0 Å². The molecule has 0 saturated carbocycles. The summed E-state index contributed by atoms with van der Waals surface area (Å²) in [6.45, 7) is 7.90. The molecule has 2 aliphatic heterocycles. The number of hydrogen-bond acceptors (Lipinski definition) is 4. The number of ether oxygens (including phenoxy) is 2. The van der Waals surface area contributed by atoms with Crippen LogP contribution in [0.4, 0.5) is 10.5 Å². The lowest BCUT2D eigenvalue weighted by Gasteiger charge is -2.49. The van der Waals surface area contributed by atoms with Crippen LogP contribution in [0.5, 0.6) is 11.5 Å². The van der Waals surface area contributed by atoms with E-state index >= 15 is 0 Å². The average molecular weight is 500 g/mol. The summed E-state index contributed by atoms with van der Waals surface area (Å²) in [6.07, 6.45) is 1.21. The smallest absolute Gasteiger partial charge is 0.318 e. The normalized spacial score (nSPS) is 21.7. The Labute approximate surface area is 217 Å². The molecule has 0 aliphatic carbocycles. The molecule has 0 aromatic heterocycles. The highest BCUT2D eigenvalue weighted by atomic mass is 16.5. The molecule has 5 rings (SSSR count). The van der Waals surface area contributed by atoms with E-state index in [-0.39, 0.29) is 24.5 Å². The fraction of sp³-hybridized carbons (Fsp3) is 0.333. The minimum atomic E-state index is -0.868. The first kappa shape index (κ1) is 24.7. The summed E-state index contributed by atoms with van der Waals surface area (Å²) < 4.78 is 12.5. The Morgan fingerprint density at radius 2 is 1.78 bits per heavy atom. The van der Waals surface area contributed by atoms with E-state index in [1.807, 2.05) is 82.3 Å². The Bertz CT molecular complexity index is 1320. The van der Waals surface area contributed by atoms with Gasteiger partial charge in [0.2, 0.25) is 0 Å². The number of urea groups is 1. The van der Waals surface area contributed by atoms with Crippen molar-refractivity contribution in [1.29, 1.82) is 0 Å². The summed E-state index contributed by atoms with van der Waals surface area (Å²) in [4.78, 5) is 25.1. The highest BCUT2D eigenvalue weighted by molar-refractivity contribution is 5.91.